The molecule has 0 atom stereocenters. The van der Waals surface area contributed by atoms with Gasteiger partial charge in [-0.2, -0.15) is 0 Å². The maximum absolute atomic E-state index is 12.4. The molecule has 10 aromatic carbocycles. The van der Waals surface area contributed by atoms with Crippen molar-refractivity contribution in [1.82, 2.24) is 24.9 Å². The van der Waals surface area contributed by atoms with Crippen molar-refractivity contribution < 1.29 is 71.3 Å². The Labute approximate surface area is 798 Å². The molecule has 20 rings (SSSR count). The number of hydrogen-bond acceptors (Lipinski definition) is 25. The van der Waals surface area contributed by atoms with Gasteiger partial charge >= 0.3 is 0 Å². The third-order valence-corrected chi connectivity index (χ3v) is 26.8. The highest BCUT2D eigenvalue weighted by atomic mass is 32.1. The molecule has 5 amide bonds. The van der Waals surface area contributed by atoms with Gasteiger partial charge in [0.1, 0.15) is 28.0 Å². The number of thiazole rings is 5. The molecular weight excluding hydrogens is 1790 g/mol. The van der Waals surface area contributed by atoms with Crippen molar-refractivity contribution in [2.75, 3.05) is 59.6 Å². The van der Waals surface area contributed by atoms with Gasteiger partial charge in [0.15, 0.2) is 116 Å². The van der Waals surface area contributed by atoms with Gasteiger partial charge in [0, 0.05) is 59.9 Å². The summed E-state index contributed by atoms with van der Waals surface area (Å²) in [6, 6.07) is 57.5. The summed E-state index contributed by atoms with van der Waals surface area (Å²) in [6.07, 6.45) is 7.57. The normalized spacial score (nSPS) is 14.7. The van der Waals surface area contributed by atoms with Gasteiger partial charge in [-0.05, 0) is 229 Å². The Kier molecular flexibility index (Phi) is 27.9. The zero-order valence-corrected chi connectivity index (χ0v) is 81.9. The Morgan fingerprint density at radius 3 is 0.925 bits per heavy atom. The highest BCUT2D eigenvalue weighted by molar-refractivity contribution is 7.23. The average Bonchev–Trinajstić information content (AvgIpc) is 1.65. The minimum atomic E-state index is -0.249. The average molecular weight is 1900 g/mol. The van der Waals surface area contributed by atoms with Gasteiger partial charge in [-0.1, -0.05) is 167 Å². The van der Waals surface area contributed by atoms with Crippen LogP contribution in [0.1, 0.15) is 150 Å². The maximum Gasteiger partial charge on any atom is 0.264 e. The van der Waals surface area contributed by atoms with Crippen LogP contribution in [0.15, 0.2) is 176 Å². The first-order valence-electron chi connectivity index (χ1n) is 44.5. The lowest BCUT2D eigenvalue weighted by Gasteiger charge is -2.18. The fraction of sp³-hybridized carbons (Fsp3) is 0.327. The number of para-hydroxylation sites is 6. The van der Waals surface area contributed by atoms with Crippen LogP contribution in [0.2, 0.25) is 0 Å². The number of carbonyl (C=O) groups excluding carboxylic acids is 5. The zero-order chi connectivity index (χ0) is 94.5. The van der Waals surface area contributed by atoms with Crippen LogP contribution in [-0.2, 0) is 62.5 Å². The number of rotatable bonds is 23. The zero-order valence-electron chi connectivity index (χ0n) is 77.8. The molecule has 5 aromatic heterocycles. The number of nitrogens with zero attached hydrogens (tertiary/aromatic N) is 5. The van der Waals surface area contributed by atoms with Crippen LogP contribution >= 0.6 is 56.7 Å². The van der Waals surface area contributed by atoms with Crippen molar-refractivity contribution >= 4 is 163 Å². The lowest BCUT2D eigenvalue weighted by Crippen LogP contribution is -2.25. The molecule has 30 heteroatoms. The third kappa shape index (κ3) is 23.6. The first-order valence-corrected chi connectivity index (χ1v) is 48.6. The molecule has 0 saturated heterocycles. The van der Waals surface area contributed by atoms with E-state index in [1.165, 1.54) is 91.8 Å². The van der Waals surface area contributed by atoms with E-state index < -0.39 is 0 Å². The second-order valence-electron chi connectivity index (χ2n) is 36.9. The maximum atomic E-state index is 12.4. The lowest BCUT2D eigenvalue weighted by molar-refractivity contribution is -0.118. The number of aryl methyl sites for hydroxylation is 6. The first-order chi connectivity index (χ1) is 63.9. The van der Waals surface area contributed by atoms with Gasteiger partial charge in [0.25, 0.3) is 29.5 Å². The van der Waals surface area contributed by atoms with Crippen molar-refractivity contribution in [2.45, 2.75) is 190 Å². The molecule has 134 heavy (non-hydrogen) atoms. The highest BCUT2D eigenvalue weighted by Gasteiger charge is 2.38. The van der Waals surface area contributed by atoms with E-state index in [1.54, 1.807) is 0 Å². The summed E-state index contributed by atoms with van der Waals surface area (Å²) in [4.78, 5) is 83.9. The standard InChI is InChI=1S/C23H26N2O3S.C21H22N2O3S.3C20H20N2O3S/c1-4-5-7-15-10-11-17-19(12-15)29-22(24-17)25-20(26)14-27-18-9-6-8-16-13-23(2,3)28-21(16)18;1-12-8-13(2)18-16(9-12)27-20(23-18)22-17(24)11-25-15-7-5-6-14-10-21(3,4)26-19(14)15;1-12-6-4-9-15-17(12)22-19(26-15)21-16(23)11-24-14-8-5-7-13-10-20(2,3)25-18(13)14;2*1-12-7-8-14-16(9-12)26-19(21-14)22-17(23)11-24-15-6-4-5-13-10-20(2,3)25-18(13)15/h6,8-12H,4-5,7,13-14H2,1-3H3,(H,24,25,26);5-9H,10-11H2,1-4H3,(H,22,23,24);3*4-9H,10-11H2,1-3H3,(H,21,22,23). The summed E-state index contributed by atoms with van der Waals surface area (Å²) in [5.41, 5.74) is 15.9. The van der Waals surface area contributed by atoms with E-state index in [0.717, 1.165) is 157 Å². The summed E-state index contributed by atoms with van der Waals surface area (Å²) >= 11 is 7.34. The summed E-state index contributed by atoms with van der Waals surface area (Å²) in [5.74, 6) is 5.51. The van der Waals surface area contributed by atoms with Crippen LogP contribution in [-0.4, -0.2) is 115 Å². The van der Waals surface area contributed by atoms with Crippen LogP contribution in [0.4, 0.5) is 25.7 Å². The number of unbranched alkanes of at least 4 members (excludes halogenated alkanes) is 1. The van der Waals surface area contributed by atoms with E-state index in [-0.39, 0.29) is 90.6 Å². The van der Waals surface area contributed by atoms with Crippen LogP contribution in [0.5, 0.6) is 57.5 Å². The number of nitrogens with one attached hydrogen (secondary N) is 5. The summed E-state index contributed by atoms with van der Waals surface area (Å²) in [5, 5.41) is 17.0. The fourth-order valence-electron chi connectivity index (χ4n) is 16.3. The number of ether oxygens (including phenoxy) is 10. The molecule has 0 fully saturated rings. The molecule has 694 valence electrons. The largest absolute Gasteiger partial charge is 0.483 e. The van der Waals surface area contributed by atoms with Gasteiger partial charge in [-0.25, -0.2) is 24.9 Å². The molecule has 10 heterocycles. The SMILES string of the molecule is CCCCc1ccc2nc(NC(=O)COc3cccc4c3OC(C)(C)C4)sc2c1.Cc1cc(C)c2nc(NC(=O)COc3cccc4c3OC(C)(C)C4)sc2c1.Cc1ccc2nc(NC(=O)COc3cccc4c3OC(C)(C)C4)sc2c1.Cc1ccc2nc(NC(=O)COc3cccc4c3OC(C)(C)C4)sc2c1.Cc1cccc2sc(NC(=O)COc3cccc4c3OC(C)(C)C4)nc12. The van der Waals surface area contributed by atoms with Gasteiger partial charge in [0.05, 0.1) is 51.1 Å². The number of carbonyl (C=O) groups is 5. The number of benzene rings is 10. The van der Waals surface area contributed by atoms with Crippen molar-refractivity contribution in [2.24, 2.45) is 0 Å². The monoisotopic (exact) mass is 1900 g/mol. The number of aromatic nitrogens is 5. The van der Waals surface area contributed by atoms with E-state index in [9.17, 15) is 24.0 Å². The Morgan fingerprint density at radius 1 is 0.313 bits per heavy atom. The Bertz CT molecular complexity index is 6800. The number of amides is 5. The minimum Gasteiger partial charge on any atom is -0.483 e. The van der Waals surface area contributed by atoms with Crippen molar-refractivity contribution in [3.05, 3.63) is 237 Å². The van der Waals surface area contributed by atoms with Gasteiger partial charge in [0.2, 0.25) is 0 Å². The highest BCUT2D eigenvalue weighted by Crippen LogP contribution is 2.48. The molecule has 15 aromatic rings. The van der Waals surface area contributed by atoms with Crippen molar-refractivity contribution in [1.29, 1.82) is 0 Å². The van der Waals surface area contributed by atoms with Crippen LogP contribution in [0.25, 0.3) is 51.1 Å². The molecule has 0 saturated carbocycles. The number of anilines is 5. The van der Waals surface area contributed by atoms with E-state index in [2.05, 4.69) is 102 Å². The second kappa shape index (κ2) is 39.7. The van der Waals surface area contributed by atoms with Gasteiger partial charge in [-0.15, -0.1) is 0 Å². The molecule has 0 radical (unpaired) electrons. The van der Waals surface area contributed by atoms with Crippen molar-refractivity contribution in [3.63, 3.8) is 0 Å². The molecule has 5 N–H and O–H groups in total. The Hall–Kier alpha value is -13.0. The van der Waals surface area contributed by atoms with E-state index in [1.807, 2.05) is 236 Å². The predicted octanol–water partition coefficient (Wildman–Crippen LogP) is 23.0. The number of fused-ring (bicyclic) bond motifs is 10. The summed E-state index contributed by atoms with van der Waals surface area (Å²) < 4.78 is 63.8. The molecule has 25 nitrogen and oxygen atoms in total. The lowest BCUT2D eigenvalue weighted by atomic mass is 10.0. The Morgan fingerprint density at radius 2 is 0.597 bits per heavy atom. The predicted molar refractivity (Wildman–Crippen MR) is 535 cm³/mol. The topological polar surface area (TPSA) is 302 Å². The first kappa shape index (κ1) is 94.2. The van der Waals surface area contributed by atoms with E-state index in [0.29, 0.717) is 54.4 Å². The van der Waals surface area contributed by atoms with Gasteiger partial charge < -0.3 is 47.4 Å². The van der Waals surface area contributed by atoms with Crippen LogP contribution in [0.3, 0.4) is 0 Å². The fourth-order valence-corrected chi connectivity index (χ4v) is 21.2. The van der Waals surface area contributed by atoms with E-state index >= 15 is 0 Å². The molecule has 0 spiro atoms. The minimum absolute atomic E-state index is 0.0854. The molecule has 5 aliphatic rings. The van der Waals surface area contributed by atoms with Gasteiger partial charge in [-0.3, -0.25) is 50.6 Å². The molecule has 0 aliphatic carbocycles. The quantitative estimate of drug-likeness (QED) is 0.0397. The Balaban J connectivity index is 0.000000122. The third-order valence-electron chi connectivity index (χ3n) is 22.1. The molecule has 0 unspecified atom stereocenters. The smallest absolute Gasteiger partial charge is 0.264 e. The van der Waals surface area contributed by atoms with E-state index in [4.69, 9.17) is 47.4 Å². The van der Waals surface area contributed by atoms with Crippen LogP contribution in [0, 0.1) is 34.6 Å². The van der Waals surface area contributed by atoms with Crippen LogP contribution < -0.4 is 74.0 Å². The molecule has 5 aliphatic heterocycles. The van der Waals surface area contributed by atoms with Crippen molar-refractivity contribution in [3.8, 4) is 57.5 Å². The summed E-state index contributed by atoms with van der Waals surface area (Å²) in [7, 11) is 0. The summed E-state index contributed by atoms with van der Waals surface area (Å²) in [6.45, 7) is 32.3. The number of hydrogen-bond donors (Lipinski definition) is 5. The molecule has 0 bridgehead atoms. The molecular formula is C104H108N10O15S5. The second-order valence-corrected chi connectivity index (χ2v) is 42.0.